The molecule has 2 rings (SSSR count). The molecular formula is C15H30O5Si. The summed E-state index contributed by atoms with van der Waals surface area (Å²) in [6, 6.07) is 0. The first-order chi connectivity index (χ1) is 9.47. The summed E-state index contributed by atoms with van der Waals surface area (Å²) in [5, 5.41) is 9.72. The molecule has 0 aliphatic carbocycles. The van der Waals surface area contributed by atoms with Crippen molar-refractivity contribution in [3.8, 4) is 0 Å². The van der Waals surface area contributed by atoms with Crippen LogP contribution in [0, 0.1) is 0 Å². The van der Waals surface area contributed by atoms with E-state index in [0.717, 1.165) is 0 Å². The van der Waals surface area contributed by atoms with Crippen molar-refractivity contribution in [2.75, 3.05) is 13.2 Å². The highest BCUT2D eigenvalue weighted by Crippen LogP contribution is 2.42. The molecule has 21 heavy (non-hydrogen) atoms. The Labute approximate surface area is 129 Å². The van der Waals surface area contributed by atoms with Crippen LogP contribution >= 0.6 is 0 Å². The molecule has 124 valence electrons. The van der Waals surface area contributed by atoms with Gasteiger partial charge in [0, 0.05) is 0 Å². The van der Waals surface area contributed by atoms with Gasteiger partial charge in [-0.15, -0.1) is 0 Å². The molecule has 6 heteroatoms. The van der Waals surface area contributed by atoms with Crippen molar-refractivity contribution >= 4 is 8.32 Å². The average molecular weight is 318 g/mol. The lowest BCUT2D eigenvalue weighted by Gasteiger charge is -2.45. The Morgan fingerprint density at radius 3 is 2.38 bits per heavy atom. The maximum absolute atomic E-state index is 9.63. The van der Waals surface area contributed by atoms with E-state index in [9.17, 15) is 5.11 Å². The second-order valence-electron chi connectivity index (χ2n) is 8.04. The summed E-state index contributed by atoms with van der Waals surface area (Å²) in [5.41, 5.74) is 0. The van der Waals surface area contributed by atoms with Crippen LogP contribution in [0.25, 0.3) is 0 Å². The van der Waals surface area contributed by atoms with Crippen molar-refractivity contribution in [1.82, 2.24) is 0 Å². The normalized spacial score (nSPS) is 36.6. The minimum atomic E-state index is -1.98. The lowest BCUT2D eigenvalue weighted by Crippen LogP contribution is -2.58. The summed E-state index contributed by atoms with van der Waals surface area (Å²) < 4.78 is 24.2. The molecule has 0 spiro atoms. The lowest BCUT2D eigenvalue weighted by atomic mass is 10.0. The standard InChI is InChI=1S/C15H30O5Si/c1-14(2,3)21(6,7)20-13-10(8-16)17-9-11-12(13)19-15(4,5)18-11/h10-13,16H,8-9H2,1-7H3/t10-,11-,12-,13-/m1/s1. The van der Waals surface area contributed by atoms with Crippen LogP contribution in [0.3, 0.4) is 0 Å². The van der Waals surface area contributed by atoms with Gasteiger partial charge in [-0.2, -0.15) is 0 Å². The molecule has 4 atom stereocenters. The topological polar surface area (TPSA) is 57.2 Å². The van der Waals surface area contributed by atoms with Crippen LogP contribution in [0.15, 0.2) is 0 Å². The fraction of sp³-hybridized carbons (Fsp3) is 1.00. The maximum atomic E-state index is 9.63. The van der Waals surface area contributed by atoms with E-state index >= 15 is 0 Å². The number of aliphatic hydroxyl groups excluding tert-OH is 1. The van der Waals surface area contributed by atoms with Crippen molar-refractivity contribution in [2.24, 2.45) is 0 Å². The van der Waals surface area contributed by atoms with Crippen LogP contribution in [0.1, 0.15) is 34.6 Å². The summed E-state index contributed by atoms with van der Waals surface area (Å²) in [5.74, 6) is -0.627. The van der Waals surface area contributed by atoms with E-state index in [1.54, 1.807) is 0 Å². The highest BCUT2D eigenvalue weighted by Gasteiger charge is 2.53. The molecule has 0 bridgehead atoms. The number of fused-ring (bicyclic) bond motifs is 1. The Kier molecular flexibility index (Phi) is 4.62. The van der Waals surface area contributed by atoms with Gasteiger partial charge in [0.2, 0.25) is 0 Å². The molecular weight excluding hydrogens is 288 g/mol. The molecule has 0 amide bonds. The van der Waals surface area contributed by atoms with Gasteiger partial charge in [0.15, 0.2) is 14.1 Å². The molecule has 2 aliphatic rings. The van der Waals surface area contributed by atoms with Gasteiger partial charge in [-0.05, 0) is 32.0 Å². The van der Waals surface area contributed by atoms with Crippen molar-refractivity contribution < 1.29 is 23.7 Å². The molecule has 2 heterocycles. The van der Waals surface area contributed by atoms with Gasteiger partial charge < -0.3 is 23.7 Å². The predicted octanol–water partition coefficient (Wildman–Crippen LogP) is 2.29. The minimum absolute atomic E-state index is 0.0632. The SMILES string of the molecule is CC1(C)O[C@H]2[C@H](O[Si](C)(C)C(C)(C)C)[C@@H](CO)OC[C@H]2O1. The van der Waals surface area contributed by atoms with E-state index in [0.29, 0.717) is 6.61 Å². The van der Waals surface area contributed by atoms with E-state index in [-0.39, 0.29) is 36.1 Å². The Morgan fingerprint density at radius 2 is 1.86 bits per heavy atom. The number of ether oxygens (including phenoxy) is 3. The second kappa shape index (κ2) is 5.58. The largest absolute Gasteiger partial charge is 0.408 e. The van der Waals surface area contributed by atoms with Crippen LogP contribution < -0.4 is 0 Å². The zero-order valence-corrected chi connectivity index (χ0v) is 15.3. The fourth-order valence-electron chi connectivity index (χ4n) is 2.61. The Hall–Kier alpha value is 0.0169. The van der Waals surface area contributed by atoms with Gasteiger partial charge in [-0.3, -0.25) is 0 Å². The van der Waals surface area contributed by atoms with Gasteiger partial charge in [0.1, 0.15) is 24.4 Å². The molecule has 2 saturated heterocycles. The Morgan fingerprint density at radius 1 is 1.24 bits per heavy atom. The molecule has 0 radical (unpaired) electrons. The van der Waals surface area contributed by atoms with Crippen LogP contribution in [0.5, 0.6) is 0 Å². The van der Waals surface area contributed by atoms with Crippen molar-refractivity contribution in [2.45, 2.75) is 83.0 Å². The summed E-state index contributed by atoms with van der Waals surface area (Å²) in [7, 11) is -1.98. The first kappa shape index (κ1) is 17.4. The van der Waals surface area contributed by atoms with E-state index in [1.165, 1.54) is 0 Å². The smallest absolute Gasteiger partial charge is 0.192 e. The molecule has 0 saturated carbocycles. The predicted molar refractivity (Wildman–Crippen MR) is 82.7 cm³/mol. The minimum Gasteiger partial charge on any atom is -0.408 e. The molecule has 0 unspecified atom stereocenters. The van der Waals surface area contributed by atoms with Gasteiger partial charge in [-0.25, -0.2) is 0 Å². The maximum Gasteiger partial charge on any atom is 0.192 e. The first-order valence-electron chi connectivity index (χ1n) is 7.73. The number of hydrogen-bond acceptors (Lipinski definition) is 5. The number of aliphatic hydroxyl groups is 1. The first-order valence-corrected chi connectivity index (χ1v) is 10.6. The summed E-state index contributed by atoms with van der Waals surface area (Å²) in [6.07, 6.45) is -0.938. The van der Waals surface area contributed by atoms with Crippen molar-refractivity contribution in [1.29, 1.82) is 0 Å². The van der Waals surface area contributed by atoms with Crippen molar-refractivity contribution in [3.63, 3.8) is 0 Å². The highest BCUT2D eigenvalue weighted by atomic mass is 28.4. The molecule has 0 aromatic heterocycles. The summed E-state index contributed by atoms with van der Waals surface area (Å²) in [6.45, 7) is 15.2. The van der Waals surface area contributed by atoms with E-state index in [2.05, 4.69) is 33.9 Å². The van der Waals surface area contributed by atoms with E-state index < -0.39 is 14.1 Å². The Balaban J connectivity index is 2.20. The third kappa shape index (κ3) is 3.51. The van der Waals surface area contributed by atoms with Crippen molar-refractivity contribution in [3.05, 3.63) is 0 Å². The Bertz CT molecular complexity index is 377. The third-order valence-electron chi connectivity index (χ3n) is 4.80. The molecule has 5 nitrogen and oxygen atoms in total. The van der Waals surface area contributed by atoms with Crippen LogP contribution in [0.4, 0.5) is 0 Å². The molecule has 0 aromatic rings. The fourth-order valence-corrected chi connectivity index (χ4v) is 3.93. The highest BCUT2D eigenvalue weighted by molar-refractivity contribution is 6.74. The third-order valence-corrected chi connectivity index (χ3v) is 9.28. The molecule has 0 aromatic carbocycles. The second-order valence-corrected chi connectivity index (χ2v) is 12.8. The quantitative estimate of drug-likeness (QED) is 0.809. The van der Waals surface area contributed by atoms with Gasteiger partial charge in [0.05, 0.1) is 13.2 Å². The van der Waals surface area contributed by atoms with Gasteiger partial charge >= 0.3 is 0 Å². The van der Waals surface area contributed by atoms with E-state index in [1.807, 2.05) is 13.8 Å². The van der Waals surface area contributed by atoms with E-state index in [4.69, 9.17) is 18.6 Å². The molecule has 2 aliphatic heterocycles. The van der Waals surface area contributed by atoms with Crippen LogP contribution in [-0.2, 0) is 18.6 Å². The lowest BCUT2D eigenvalue weighted by molar-refractivity contribution is -0.162. The monoisotopic (exact) mass is 318 g/mol. The number of hydrogen-bond donors (Lipinski definition) is 1. The summed E-state index contributed by atoms with van der Waals surface area (Å²) in [4.78, 5) is 0. The zero-order valence-electron chi connectivity index (χ0n) is 14.3. The average Bonchev–Trinajstić information content (AvgIpc) is 2.62. The van der Waals surface area contributed by atoms with Gasteiger partial charge in [-0.1, -0.05) is 20.8 Å². The summed E-state index contributed by atoms with van der Waals surface area (Å²) >= 11 is 0. The van der Waals surface area contributed by atoms with Crippen LogP contribution in [-0.4, -0.2) is 56.8 Å². The molecule has 2 fully saturated rings. The molecule has 1 N–H and O–H groups in total. The van der Waals surface area contributed by atoms with Crippen LogP contribution in [0.2, 0.25) is 18.1 Å². The van der Waals surface area contributed by atoms with Gasteiger partial charge in [0.25, 0.3) is 0 Å². The zero-order chi connectivity index (χ0) is 16.1. The number of rotatable bonds is 3.